The Labute approximate surface area is 140 Å². The van der Waals surface area contributed by atoms with Gasteiger partial charge in [-0.25, -0.2) is 14.6 Å². The number of nitrogens with zero attached hydrogens (tertiary/aromatic N) is 5. The van der Waals surface area contributed by atoms with E-state index in [4.69, 9.17) is 4.74 Å². The van der Waals surface area contributed by atoms with Crippen molar-refractivity contribution in [3.63, 3.8) is 0 Å². The lowest BCUT2D eigenvalue weighted by atomic mass is 10.2. The number of rotatable bonds is 5. The summed E-state index contributed by atoms with van der Waals surface area (Å²) in [4.78, 5) is 8.42. The van der Waals surface area contributed by atoms with Crippen molar-refractivity contribution in [1.29, 1.82) is 0 Å². The van der Waals surface area contributed by atoms with E-state index in [1.807, 2.05) is 44.2 Å². The van der Waals surface area contributed by atoms with Crippen molar-refractivity contribution in [3.05, 3.63) is 59.7 Å². The first-order chi connectivity index (χ1) is 11.7. The molecule has 0 bridgehead atoms. The first-order valence-corrected chi connectivity index (χ1v) is 7.44. The van der Waals surface area contributed by atoms with Crippen molar-refractivity contribution in [2.75, 3.05) is 12.5 Å². The molecule has 0 saturated heterocycles. The predicted octanol–water partition coefficient (Wildman–Crippen LogP) is 2.73. The van der Waals surface area contributed by atoms with E-state index in [-0.39, 0.29) is 0 Å². The number of nitrogens with one attached hydrogen (secondary N) is 1. The summed E-state index contributed by atoms with van der Waals surface area (Å²) in [6.07, 6.45) is 3.20. The lowest BCUT2D eigenvalue weighted by Crippen LogP contribution is -2.04. The van der Waals surface area contributed by atoms with E-state index in [9.17, 15) is 0 Å². The molecule has 1 N–H and O–H groups in total. The van der Waals surface area contributed by atoms with Crippen LogP contribution in [-0.4, -0.2) is 33.1 Å². The van der Waals surface area contributed by atoms with Crippen LogP contribution in [0.2, 0.25) is 0 Å². The summed E-state index contributed by atoms with van der Waals surface area (Å²) < 4.78 is 6.90. The molecule has 0 atom stereocenters. The molecule has 122 valence electrons. The van der Waals surface area contributed by atoms with Gasteiger partial charge in [-0.15, -0.1) is 0 Å². The third-order valence-electron chi connectivity index (χ3n) is 3.39. The largest absolute Gasteiger partial charge is 0.497 e. The fourth-order valence-corrected chi connectivity index (χ4v) is 2.25. The average molecular weight is 322 g/mol. The van der Waals surface area contributed by atoms with Crippen LogP contribution in [0.3, 0.4) is 0 Å². The Hall–Kier alpha value is -3.22. The van der Waals surface area contributed by atoms with Crippen LogP contribution in [0.5, 0.6) is 5.75 Å². The highest BCUT2D eigenvalue weighted by molar-refractivity contribution is 5.80. The summed E-state index contributed by atoms with van der Waals surface area (Å²) in [5.74, 6) is 2.10. The van der Waals surface area contributed by atoms with Gasteiger partial charge in [0.1, 0.15) is 12.1 Å². The van der Waals surface area contributed by atoms with Gasteiger partial charge in [-0.3, -0.25) is 5.43 Å². The molecule has 3 aromatic rings. The minimum absolute atomic E-state index is 0.595. The number of benzene rings is 1. The minimum Gasteiger partial charge on any atom is -0.497 e. The fourth-order valence-electron chi connectivity index (χ4n) is 2.25. The Morgan fingerprint density at radius 2 is 1.92 bits per heavy atom. The molecule has 0 fully saturated rings. The number of methoxy groups -OCH3 is 1. The highest BCUT2D eigenvalue weighted by atomic mass is 16.5. The highest BCUT2D eigenvalue weighted by Crippen LogP contribution is 2.13. The van der Waals surface area contributed by atoms with Crippen molar-refractivity contribution < 1.29 is 4.74 Å². The van der Waals surface area contributed by atoms with Gasteiger partial charge in [0, 0.05) is 11.8 Å². The zero-order valence-corrected chi connectivity index (χ0v) is 13.8. The lowest BCUT2D eigenvalue weighted by molar-refractivity contribution is 0.415. The van der Waals surface area contributed by atoms with E-state index in [1.165, 1.54) is 6.33 Å². The van der Waals surface area contributed by atoms with Gasteiger partial charge >= 0.3 is 0 Å². The van der Waals surface area contributed by atoms with Gasteiger partial charge in [0.15, 0.2) is 11.6 Å². The molecular formula is C17H18N6O. The molecule has 24 heavy (non-hydrogen) atoms. The van der Waals surface area contributed by atoms with Gasteiger partial charge in [-0.05, 0) is 49.7 Å². The first-order valence-electron chi connectivity index (χ1n) is 7.44. The van der Waals surface area contributed by atoms with Crippen molar-refractivity contribution in [1.82, 2.24) is 19.7 Å². The summed E-state index contributed by atoms with van der Waals surface area (Å²) in [7, 11) is 1.64. The Bertz CT molecular complexity index is 854. The Morgan fingerprint density at radius 1 is 1.12 bits per heavy atom. The number of aryl methyl sites for hydroxylation is 2. The van der Waals surface area contributed by atoms with E-state index >= 15 is 0 Å². The molecule has 7 nitrogen and oxygen atoms in total. The summed E-state index contributed by atoms with van der Waals surface area (Å²) >= 11 is 0. The van der Waals surface area contributed by atoms with E-state index < -0.39 is 0 Å². The maximum atomic E-state index is 5.12. The maximum absolute atomic E-state index is 5.12. The highest BCUT2D eigenvalue weighted by Gasteiger charge is 2.06. The van der Waals surface area contributed by atoms with Crippen LogP contribution in [0.1, 0.15) is 17.0 Å². The van der Waals surface area contributed by atoms with Crippen LogP contribution >= 0.6 is 0 Å². The molecule has 0 saturated carbocycles. The second kappa shape index (κ2) is 6.91. The van der Waals surface area contributed by atoms with Crippen molar-refractivity contribution in [2.45, 2.75) is 13.8 Å². The van der Waals surface area contributed by atoms with Gasteiger partial charge in [0.05, 0.1) is 19.0 Å². The van der Waals surface area contributed by atoms with Gasteiger partial charge in [0.2, 0.25) is 0 Å². The molecule has 2 heterocycles. The van der Waals surface area contributed by atoms with E-state index in [0.29, 0.717) is 11.6 Å². The molecule has 0 amide bonds. The molecule has 3 rings (SSSR count). The Balaban J connectivity index is 1.72. The van der Waals surface area contributed by atoms with Gasteiger partial charge in [-0.2, -0.15) is 10.2 Å². The molecule has 0 unspecified atom stereocenters. The van der Waals surface area contributed by atoms with Gasteiger partial charge in [-0.1, -0.05) is 0 Å². The molecule has 0 aliphatic heterocycles. The van der Waals surface area contributed by atoms with E-state index in [1.54, 1.807) is 24.1 Å². The first kappa shape index (κ1) is 15.7. The summed E-state index contributed by atoms with van der Waals surface area (Å²) in [5.41, 5.74) is 5.81. The summed E-state index contributed by atoms with van der Waals surface area (Å²) in [6.45, 7) is 3.93. The monoisotopic (exact) mass is 322 g/mol. The Kier molecular flexibility index (Phi) is 4.51. The van der Waals surface area contributed by atoms with E-state index in [2.05, 4.69) is 25.6 Å². The maximum Gasteiger partial charge on any atom is 0.159 e. The number of hydrazone groups is 1. The smallest absolute Gasteiger partial charge is 0.159 e. The average Bonchev–Trinajstić information content (AvgIpc) is 2.94. The van der Waals surface area contributed by atoms with Gasteiger partial charge < -0.3 is 4.74 Å². The second-order valence-electron chi connectivity index (χ2n) is 5.24. The van der Waals surface area contributed by atoms with Crippen LogP contribution in [0.25, 0.3) is 5.82 Å². The second-order valence-corrected chi connectivity index (χ2v) is 5.24. The fraction of sp³-hybridized carbons (Fsp3) is 0.176. The molecule has 0 aliphatic carbocycles. The molecule has 1 aromatic carbocycles. The molecule has 0 radical (unpaired) electrons. The van der Waals surface area contributed by atoms with Crippen LogP contribution in [0.4, 0.5) is 5.82 Å². The van der Waals surface area contributed by atoms with E-state index in [0.717, 1.165) is 22.7 Å². The molecule has 7 heteroatoms. The predicted molar refractivity (Wildman–Crippen MR) is 92.8 cm³/mol. The van der Waals surface area contributed by atoms with Crippen LogP contribution in [0.15, 0.2) is 47.8 Å². The molecular weight excluding hydrogens is 304 g/mol. The number of anilines is 1. The normalized spacial score (nSPS) is 11.0. The summed E-state index contributed by atoms with van der Waals surface area (Å²) in [5, 5.41) is 8.61. The zero-order valence-electron chi connectivity index (χ0n) is 13.8. The number of hydrogen-bond donors (Lipinski definition) is 1. The third kappa shape index (κ3) is 3.57. The third-order valence-corrected chi connectivity index (χ3v) is 3.39. The van der Waals surface area contributed by atoms with Crippen LogP contribution in [-0.2, 0) is 0 Å². The zero-order chi connectivity index (χ0) is 16.9. The number of ether oxygens (including phenoxy) is 1. The topological polar surface area (TPSA) is 77.2 Å². The van der Waals surface area contributed by atoms with Crippen molar-refractivity contribution in [2.24, 2.45) is 5.10 Å². The van der Waals surface area contributed by atoms with Crippen molar-refractivity contribution in [3.8, 4) is 11.6 Å². The molecule has 0 spiro atoms. The number of aromatic nitrogens is 4. The van der Waals surface area contributed by atoms with Gasteiger partial charge in [0.25, 0.3) is 0 Å². The van der Waals surface area contributed by atoms with Crippen LogP contribution in [0, 0.1) is 13.8 Å². The molecule has 2 aromatic heterocycles. The standard InChI is InChI=1S/C17H18N6O/c1-12-8-13(2)23(22-12)17-9-16(18-11-19-17)21-20-10-14-4-6-15(24-3)7-5-14/h4-11H,1-3H3,(H,18,19,21)/b20-10-. The quantitative estimate of drug-likeness (QED) is 0.577. The number of hydrogen-bond acceptors (Lipinski definition) is 6. The minimum atomic E-state index is 0.595. The van der Waals surface area contributed by atoms with Crippen molar-refractivity contribution >= 4 is 12.0 Å². The Morgan fingerprint density at radius 3 is 2.58 bits per heavy atom. The molecule has 0 aliphatic rings. The lowest BCUT2D eigenvalue weighted by Gasteiger charge is -2.05. The SMILES string of the molecule is COc1ccc(/C=N\Nc2cc(-n3nc(C)cc3C)ncn2)cc1. The van der Waals surface area contributed by atoms with Crippen LogP contribution < -0.4 is 10.2 Å². The summed E-state index contributed by atoms with van der Waals surface area (Å²) in [6, 6.07) is 11.4.